The molecular weight excluding hydrogens is 382 g/mol. The molecule has 0 aliphatic carbocycles. The quantitative estimate of drug-likeness (QED) is 0.630. The Kier molecular flexibility index (Phi) is 5.49. The molecule has 0 amide bonds. The highest BCUT2D eigenvalue weighted by Gasteiger charge is 2.25. The SMILES string of the molecule is CCc1nc2sc(C)c(-c3ccc(OC)c(C)c3)c2c(=O)n1C1CCN(C)CC1. The molecule has 1 aliphatic heterocycles. The van der Waals surface area contributed by atoms with Crippen molar-refractivity contribution in [1.29, 1.82) is 0 Å². The van der Waals surface area contributed by atoms with E-state index in [1.54, 1.807) is 18.4 Å². The molecular formula is C23H29N3O2S. The average Bonchev–Trinajstić information content (AvgIpc) is 3.04. The monoisotopic (exact) mass is 411 g/mol. The first-order chi connectivity index (χ1) is 13.9. The predicted octanol–water partition coefficient (Wildman–Crippen LogP) is 4.58. The van der Waals surface area contributed by atoms with Gasteiger partial charge in [0.25, 0.3) is 5.56 Å². The van der Waals surface area contributed by atoms with Crippen LogP contribution >= 0.6 is 11.3 Å². The lowest BCUT2D eigenvalue weighted by molar-refractivity contribution is 0.216. The molecule has 6 heteroatoms. The Bertz CT molecular complexity index is 1110. The highest BCUT2D eigenvalue weighted by atomic mass is 32.1. The third kappa shape index (κ3) is 3.49. The summed E-state index contributed by atoms with van der Waals surface area (Å²) in [6.07, 6.45) is 2.76. The van der Waals surface area contributed by atoms with Gasteiger partial charge in [0.15, 0.2) is 0 Å². The molecule has 154 valence electrons. The standard InChI is InChI=1S/C23H29N3O2S/c1-6-19-24-22-21(23(27)26(19)17-9-11-25(4)12-10-17)20(15(3)29-22)16-7-8-18(28-5)14(2)13-16/h7-8,13,17H,6,9-12H2,1-5H3. The molecule has 2 aromatic heterocycles. The van der Waals surface area contributed by atoms with Gasteiger partial charge in [-0.3, -0.25) is 9.36 Å². The van der Waals surface area contributed by atoms with Gasteiger partial charge in [0.1, 0.15) is 16.4 Å². The highest BCUT2D eigenvalue weighted by molar-refractivity contribution is 7.19. The van der Waals surface area contributed by atoms with Crippen LogP contribution in [0.5, 0.6) is 5.75 Å². The number of aromatic nitrogens is 2. The highest BCUT2D eigenvalue weighted by Crippen LogP contribution is 2.38. The maximum Gasteiger partial charge on any atom is 0.263 e. The minimum absolute atomic E-state index is 0.120. The van der Waals surface area contributed by atoms with Crippen LogP contribution in [0.15, 0.2) is 23.0 Å². The summed E-state index contributed by atoms with van der Waals surface area (Å²) in [6, 6.07) is 6.38. The zero-order chi connectivity index (χ0) is 20.7. The smallest absolute Gasteiger partial charge is 0.263 e. The summed E-state index contributed by atoms with van der Waals surface area (Å²) in [4.78, 5) is 23.1. The molecule has 0 radical (unpaired) electrons. The van der Waals surface area contributed by atoms with Crippen molar-refractivity contribution in [2.75, 3.05) is 27.2 Å². The molecule has 0 atom stereocenters. The van der Waals surface area contributed by atoms with E-state index in [0.717, 1.165) is 75.7 Å². The topological polar surface area (TPSA) is 47.4 Å². The van der Waals surface area contributed by atoms with Gasteiger partial charge in [-0.05, 0) is 70.1 Å². The number of rotatable bonds is 4. The van der Waals surface area contributed by atoms with Crippen molar-refractivity contribution in [3.8, 4) is 16.9 Å². The average molecular weight is 412 g/mol. The van der Waals surface area contributed by atoms with Gasteiger partial charge >= 0.3 is 0 Å². The van der Waals surface area contributed by atoms with Crippen molar-refractivity contribution >= 4 is 21.6 Å². The number of benzene rings is 1. The van der Waals surface area contributed by atoms with Crippen molar-refractivity contribution in [3.05, 3.63) is 44.8 Å². The summed E-state index contributed by atoms with van der Waals surface area (Å²) >= 11 is 1.62. The Morgan fingerprint density at radius 1 is 1.24 bits per heavy atom. The second kappa shape index (κ2) is 7.92. The second-order valence-electron chi connectivity index (χ2n) is 7.99. The first-order valence-corrected chi connectivity index (χ1v) is 11.1. The van der Waals surface area contributed by atoms with Gasteiger partial charge in [0.2, 0.25) is 0 Å². The lowest BCUT2D eigenvalue weighted by atomic mass is 10.0. The van der Waals surface area contributed by atoms with Crippen molar-refractivity contribution in [2.24, 2.45) is 0 Å². The molecule has 3 aromatic rings. The molecule has 3 heterocycles. The van der Waals surface area contributed by atoms with Gasteiger partial charge in [0.05, 0.1) is 12.5 Å². The van der Waals surface area contributed by atoms with E-state index >= 15 is 0 Å². The largest absolute Gasteiger partial charge is 0.496 e. The Morgan fingerprint density at radius 2 is 1.97 bits per heavy atom. The van der Waals surface area contributed by atoms with E-state index in [1.807, 2.05) is 23.6 Å². The van der Waals surface area contributed by atoms with Crippen molar-refractivity contribution in [3.63, 3.8) is 0 Å². The number of nitrogens with zero attached hydrogens (tertiary/aromatic N) is 3. The fraction of sp³-hybridized carbons (Fsp3) is 0.478. The molecule has 1 aromatic carbocycles. The van der Waals surface area contributed by atoms with E-state index < -0.39 is 0 Å². The van der Waals surface area contributed by atoms with Crippen LogP contribution in [0.2, 0.25) is 0 Å². The zero-order valence-electron chi connectivity index (χ0n) is 17.9. The second-order valence-corrected chi connectivity index (χ2v) is 9.19. The number of ether oxygens (including phenoxy) is 1. The minimum Gasteiger partial charge on any atom is -0.496 e. The molecule has 29 heavy (non-hydrogen) atoms. The summed E-state index contributed by atoms with van der Waals surface area (Å²) in [5.74, 6) is 1.77. The van der Waals surface area contributed by atoms with Crippen LogP contribution in [0.3, 0.4) is 0 Å². The summed E-state index contributed by atoms with van der Waals surface area (Å²) in [5.41, 5.74) is 3.27. The Morgan fingerprint density at radius 3 is 2.59 bits per heavy atom. The molecule has 0 spiro atoms. The maximum absolute atomic E-state index is 13.8. The van der Waals surface area contributed by atoms with Crippen LogP contribution < -0.4 is 10.3 Å². The molecule has 1 aliphatic rings. The number of piperidine rings is 1. The maximum atomic E-state index is 13.8. The van der Waals surface area contributed by atoms with Crippen LogP contribution in [-0.2, 0) is 6.42 Å². The van der Waals surface area contributed by atoms with E-state index in [-0.39, 0.29) is 11.6 Å². The number of hydrogen-bond acceptors (Lipinski definition) is 5. The summed E-state index contributed by atoms with van der Waals surface area (Å²) in [5, 5.41) is 0.771. The van der Waals surface area contributed by atoms with Gasteiger partial charge in [0, 0.05) is 22.9 Å². The van der Waals surface area contributed by atoms with E-state index in [2.05, 4.69) is 31.9 Å². The predicted molar refractivity (Wildman–Crippen MR) is 120 cm³/mol. The zero-order valence-corrected chi connectivity index (χ0v) is 18.7. The summed E-state index contributed by atoms with van der Waals surface area (Å²) in [6.45, 7) is 8.26. The van der Waals surface area contributed by atoms with Gasteiger partial charge in [-0.1, -0.05) is 13.0 Å². The first kappa shape index (κ1) is 20.1. The van der Waals surface area contributed by atoms with Gasteiger partial charge < -0.3 is 9.64 Å². The lowest BCUT2D eigenvalue weighted by Gasteiger charge is -2.31. The van der Waals surface area contributed by atoms with Crippen LogP contribution in [-0.4, -0.2) is 41.7 Å². The van der Waals surface area contributed by atoms with Gasteiger partial charge in [-0.25, -0.2) is 4.98 Å². The third-order valence-corrected chi connectivity index (χ3v) is 7.06. The molecule has 4 rings (SSSR count). The van der Waals surface area contributed by atoms with E-state index in [0.29, 0.717) is 0 Å². The number of hydrogen-bond donors (Lipinski definition) is 0. The minimum atomic E-state index is 0.120. The third-order valence-electron chi connectivity index (χ3n) is 6.06. The summed E-state index contributed by atoms with van der Waals surface area (Å²) < 4.78 is 7.42. The van der Waals surface area contributed by atoms with Crippen molar-refractivity contribution < 1.29 is 4.74 Å². The van der Waals surface area contributed by atoms with Crippen LogP contribution in [0, 0.1) is 13.8 Å². The molecule has 0 N–H and O–H groups in total. The lowest BCUT2D eigenvalue weighted by Crippen LogP contribution is -2.37. The number of aryl methyl sites for hydroxylation is 3. The Hall–Kier alpha value is -2.18. The van der Waals surface area contributed by atoms with Gasteiger partial charge in [-0.15, -0.1) is 11.3 Å². The molecule has 0 bridgehead atoms. The first-order valence-electron chi connectivity index (χ1n) is 10.3. The normalized spacial score (nSPS) is 15.9. The van der Waals surface area contributed by atoms with E-state index in [4.69, 9.17) is 9.72 Å². The van der Waals surface area contributed by atoms with E-state index in [9.17, 15) is 4.79 Å². The van der Waals surface area contributed by atoms with Crippen LogP contribution in [0.4, 0.5) is 0 Å². The van der Waals surface area contributed by atoms with Crippen molar-refractivity contribution in [2.45, 2.75) is 46.1 Å². The Labute approximate surface area is 176 Å². The van der Waals surface area contributed by atoms with E-state index in [1.165, 1.54) is 0 Å². The molecule has 1 saturated heterocycles. The van der Waals surface area contributed by atoms with Crippen LogP contribution in [0.25, 0.3) is 21.3 Å². The number of methoxy groups -OCH3 is 1. The molecule has 0 unspecified atom stereocenters. The number of thiophene rings is 1. The van der Waals surface area contributed by atoms with Crippen LogP contribution in [0.1, 0.15) is 42.1 Å². The fourth-order valence-electron chi connectivity index (χ4n) is 4.48. The molecule has 5 nitrogen and oxygen atoms in total. The number of fused-ring (bicyclic) bond motifs is 1. The van der Waals surface area contributed by atoms with Gasteiger partial charge in [-0.2, -0.15) is 0 Å². The molecule has 1 fully saturated rings. The fourth-order valence-corrected chi connectivity index (χ4v) is 5.53. The Balaban J connectivity index is 1.93. The van der Waals surface area contributed by atoms with Crippen molar-refractivity contribution in [1.82, 2.24) is 14.5 Å². The summed E-state index contributed by atoms with van der Waals surface area (Å²) in [7, 11) is 3.83. The molecule has 0 saturated carbocycles. The number of likely N-dealkylation sites (tertiary alicyclic amines) is 1.